The van der Waals surface area contributed by atoms with Gasteiger partial charge >= 0.3 is 17.2 Å². The van der Waals surface area contributed by atoms with Crippen molar-refractivity contribution in [1.29, 1.82) is 0 Å². The number of ketones is 1. The second kappa shape index (κ2) is 7.14. The molecule has 2 fully saturated rings. The normalized spacial score (nSPS) is 27.4. The van der Waals surface area contributed by atoms with Crippen molar-refractivity contribution in [2.45, 2.75) is 38.4 Å². The lowest BCUT2D eigenvalue weighted by Gasteiger charge is -2.33. The van der Waals surface area contributed by atoms with Crippen LogP contribution in [0.25, 0.3) is 0 Å². The number of ether oxygens (including phenoxy) is 2. The lowest BCUT2D eigenvalue weighted by Crippen LogP contribution is -2.45. The van der Waals surface area contributed by atoms with Gasteiger partial charge in [-0.25, -0.2) is 4.79 Å². The lowest BCUT2D eigenvalue weighted by atomic mass is 9.69. The highest BCUT2D eigenvalue weighted by Gasteiger charge is 2.69. The summed E-state index contributed by atoms with van der Waals surface area (Å²) in [5.74, 6) is -2.76. The van der Waals surface area contributed by atoms with Crippen LogP contribution in [0.1, 0.15) is 33.1 Å². The Kier molecular flexibility index (Phi) is 5.71. The fraction of sp³-hybridized carbons (Fsp3) is 0.786. The third-order valence-corrected chi connectivity index (χ3v) is 5.70. The highest BCUT2D eigenvalue weighted by atomic mass is 32.2. The first-order chi connectivity index (χ1) is 11.6. The van der Waals surface area contributed by atoms with E-state index in [1.54, 1.807) is 0 Å². The van der Waals surface area contributed by atoms with Gasteiger partial charge in [0.2, 0.25) is 0 Å². The summed E-state index contributed by atoms with van der Waals surface area (Å²) in [4.78, 5) is 35.8. The van der Waals surface area contributed by atoms with E-state index < -0.39 is 53.3 Å². The molecule has 2 saturated carbocycles. The van der Waals surface area contributed by atoms with Gasteiger partial charge in [0.05, 0.1) is 0 Å². The van der Waals surface area contributed by atoms with Crippen LogP contribution >= 0.6 is 12.0 Å². The van der Waals surface area contributed by atoms with Gasteiger partial charge in [0, 0.05) is 6.42 Å². The van der Waals surface area contributed by atoms with Gasteiger partial charge in [-0.3, -0.25) is 14.6 Å². The second-order valence-electron chi connectivity index (χ2n) is 6.50. The Morgan fingerprint density at radius 1 is 1.32 bits per heavy atom. The lowest BCUT2D eigenvalue weighted by molar-refractivity contribution is -0.777. The zero-order valence-corrected chi connectivity index (χ0v) is 14.4. The summed E-state index contributed by atoms with van der Waals surface area (Å²) in [6, 6.07) is 0. The van der Waals surface area contributed by atoms with Crippen LogP contribution in [0.3, 0.4) is 0 Å². The summed E-state index contributed by atoms with van der Waals surface area (Å²) >= 11 is -0.815. The van der Waals surface area contributed by atoms with E-state index >= 15 is 0 Å². The number of esters is 2. The van der Waals surface area contributed by atoms with Crippen molar-refractivity contribution in [2.24, 2.45) is 16.7 Å². The zero-order chi connectivity index (χ0) is 18.9. The molecule has 0 aromatic heterocycles. The minimum atomic E-state index is -4.16. The number of hydrogen-bond acceptors (Lipinski definition) is 9. The predicted octanol–water partition coefficient (Wildman–Crippen LogP) is 0.933. The molecular weight excluding hydrogens is 366 g/mol. The molecule has 0 saturated heterocycles. The summed E-state index contributed by atoms with van der Waals surface area (Å²) in [7, 11) is 0. The molecule has 0 spiro atoms. The Morgan fingerprint density at radius 3 is 2.48 bits per heavy atom. The molecule has 0 heterocycles. The van der Waals surface area contributed by atoms with Crippen LogP contribution in [-0.2, 0) is 33.2 Å². The maximum atomic E-state index is 13.1. The first-order valence-corrected chi connectivity index (χ1v) is 8.23. The molecule has 2 aliphatic rings. The van der Waals surface area contributed by atoms with Gasteiger partial charge in [-0.15, -0.1) is 0 Å². The quantitative estimate of drug-likeness (QED) is 0.151. The molecule has 0 radical (unpaired) electrons. The van der Waals surface area contributed by atoms with E-state index in [1.807, 2.05) is 13.8 Å². The van der Waals surface area contributed by atoms with Gasteiger partial charge < -0.3 is 14.7 Å². The molecule has 0 aromatic carbocycles. The van der Waals surface area contributed by atoms with E-state index in [0.29, 0.717) is 12.8 Å². The van der Waals surface area contributed by atoms with Gasteiger partial charge in [-0.2, -0.15) is 13.1 Å². The van der Waals surface area contributed by atoms with Crippen LogP contribution in [0.15, 0.2) is 0 Å². The molecule has 2 aliphatic carbocycles. The Balaban J connectivity index is 1.83. The number of carbonyl (C=O) groups is 3. The Bertz CT molecular complexity index is 567. The van der Waals surface area contributed by atoms with Crippen LogP contribution in [0.4, 0.5) is 8.78 Å². The average molecular weight is 383 g/mol. The molecule has 2 atom stereocenters. The van der Waals surface area contributed by atoms with Gasteiger partial charge in [0.1, 0.15) is 30.7 Å². The molecule has 0 N–H and O–H groups in total. The molecule has 142 valence electrons. The van der Waals surface area contributed by atoms with Gasteiger partial charge in [0.25, 0.3) is 0 Å². The van der Waals surface area contributed by atoms with Gasteiger partial charge in [0.15, 0.2) is 5.78 Å². The summed E-state index contributed by atoms with van der Waals surface area (Å²) in [5.41, 5.74) is -1.75. The second-order valence-corrected chi connectivity index (χ2v) is 7.31. The van der Waals surface area contributed by atoms with Crippen LogP contribution in [0.2, 0.25) is 0 Å². The fourth-order valence-electron chi connectivity index (χ4n) is 3.72. The molecule has 2 bridgehead atoms. The highest BCUT2D eigenvalue weighted by molar-refractivity contribution is 7.96. The van der Waals surface area contributed by atoms with Gasteiger partial charge in [-0.1, -0.05) is 13.8 Å². The largest absolute Gasteiger partial charge is 0.691 e. The molecule has 0 aromatic rings. The first-order valence-electron chi connectivity index (χ1n) is 7.49. The van der Waals surface area contributed by atoms with Crippen LogP contribution in [0.5, 0.6) is 0 Å². The number of hydrogen-bond donors (Lipinski definition) is 0. The van der Waals surface area contributed by atoms with Crippen LogP contribution < -0.4 is 5.26 Å². The van der Waals surface area contributed by atoms with E-state index in [0.717, 1.165) is 6.42 Å². The average Bonchev–Trinajstić information content (AvgIpc) is 2.91. The first kappa shape index (κ1) is 20.0. The smallest absolute Gasteiger partial charge is 0.415 e. The SMILES string of the molecule is CC1(C)C2CCC1(C(=O)OCCOC(=O)C(F)(F)SOO[O-])C(=O)C2. The van der Waals surface area contributed by atoms with Crippen LogP contribution in [0, 0.1) is 16.7 Å². The molecule has 2 unspecified atom stereocenters. The third kappa shape index (κ3) is 3.37. The van der Waals surface area contributed by atoms with E-state index in [1.165, 1.54) is 0 Å². The maximum Gasteiger partial charge on any atom is 0.415 e. The van der Waals surface area contributed by atoms with Crippen LogP contribution in [-0.4, -0.2) is 36.2 Å². The molecule has 0 amide bonds. The minimum Gasteiger partial charge on any atom is -0.691 e. The maximum absolute atomic E-state index is 13.1. The molecule has 2 rings (SSSR count). The molecule has 8 nitrogen and oxygen atoms in total. The number of rotatable bonds is 8. The van der Waals surface area contributed by atoms with E-state index in [4.69, 9.17) is 4.74 Å². The monoisotopic (exact) mass is 383 g/mol. The van der Waals surface area contributed by atoms with Crippen molar-refractivity contribution in [3.05, 3.63) is 0 Å². The van der Waals surface area contributed by atoms with Crippen molar-refractivity contribution in [1.82, 2.24) is 0 Å². The predicted molar refractivity (Wildman–Crippen MR) is 75.2 cm³/mol. The van der Waals surface area contributed by atoms with E-state index in [2.05, 4.69) is 14.1 Å². The van der Waals surface area contributed by atoms with Crippen molar-refractivity contribution in [3.8, 4) is 0 Å². The van der Waals surface area contributed by atoms with E-state index in [-0.39, 0.29) is 11.7 Å². The summed E-state index contributed by atoms with van der Waals surface area (Å²) < 4.78 is 38.9. The molecule has 0 aliphatic heterocycles. The van der Waals surface area contributed by atoms with Crippen molar-refractivity contribution in [2.75, 3.05) is 13.2 Å². The number of carbonyl (C=O) groups excluding carboxylic acids is 3. The highest BCUT2D eigenvalue weighted by Crippen LogP contribution is 2.64. The molecule has 25 heavy (non-hydrogen) atoms. The van der Waals surface area contributed by atoms with Crippen molar-refractivity contribution >= 4 is 29.8 Å². The summed E-state index contributed by atoms with van der Waals surface area (Å²) in [6.45, 7) is 2.58. The Morgan fingerprint density at radius 2 is 1.96 bits per heavy atom. The fourth-order valence-corrected chi connectivity index (χ4v) is 3.96. The third-order valence-electron chi connectivity index (χ3n) is 5.20. The Labute approximate surface area is 146 Å². The zero-order valence-electron chi connectivity index (χ0n) is 13.5. The molecular formula is C14H17F2O8S-. The summed E-state index contributed by atoms with van der Waals surface area (Å²) in [5, 5.41) is 8.05. The standard InChI is InChI=1S/C14H18F2O8S/c1-12(2)8-3-4-13(12,9(17)7-8)10(18)21-5-6-22-11(19)14(15,16)25-24-23-20/h8,20H,3-7H2,1-2H3/p-1. The summed E-state index contributed by atoms with van der Waals surface area (Å²) in [6.07, 6.45) is 1.46. The number of halogens is 2. The topological polar surface area (TPSA) is 111 Å². The number of Topliss-reactive ketones (excluding diaryl/α,β-unsaturated/α-hetero) is 1. The Hall–Kier alpha value is -1.30. The van der Waals surface area contributed by atoms with Gasteiger partial charge in [-0.05, 0) is 24.2 Å². The molecule has 11 heteroatoms. The number of fused-ring (bicyclic) bond motifs is 2. The van der Waals surface area contributed by atoms with E-state index in [9.17, 15) is 28.4 Å². The van der Waals surface area contributed by atoms with Crippen molar-refractivity contribution < 1.29 is 47.3 Å². The van der Waals surface area contributed by atoms with Crippen molar-refractivity contribution in [3.63, 3.8) is 0 Å². The minimum absolute atomic E-state index is 0.115. The number of alkyl halides is 2.